The third kappa shape index (κ3) is 7.65. The van der Waals surface area contributed by atoms with E-state index in [2.05, 4.69) is 0 Å². The summed E-state index contributed by atoms with van der Waals surface area (Å²) in [5, 5.41) is 15.6. The molecule has 0 amide bonds. The third-order valence-corrected chi connectivity index (χ3v) is 4.97. The fourth-order valence-corrected chi connectivity index (χ4v) is 4.03. The number of sulfonamides is 1. The molecule has 0 aliphatic rings. The fourth-order valence-electron chi connectivity index (χ4n) is 0.887. The number of hydrogen-bond donors (Lipinski definition) is 3. The average Bonchev–Trinajstić information content (AvgIpc) is 1.95. The molecule has 0 fully saturated rings. The number of nitrogens with one attached hydrogen (secondary N) is 1. The standard InChI is InChI=1S/C6H11NO8S2/c1-16(12,13)3-17(14,15)7-4(6(10)11)2-5(8)9/h4,7H,2-3H2,1H3,(H,8,9)(H,10,11)/t4-/m1/s1. The summed E-state index contributed by atoms with van der Waals surface area (Å²) in [6.45, 7) is 0. The quantitative estimate of drug-likeness (QED) is 0.478. The van der Waals surface area contributed by atoms with Gasteiger partial charge in [-0.3, -0.25) is 9.59 Å². The maximum atomic E-state index is 11.2. The Morgan fingerprint density at radius 1 is 1.18 bits per heavy atom. The number of carboxylic acid groups (broad SMARTS) is 2. The molecule has 0 spiro atoms. The molecule has 0 saturated heterocycles. The highest BCUT2D eigenvalue weighted by Crippen LogP contribution is 1.99. The predicted octanol–water partition coefficient (Wildman–Crippen LogP) is -2.16. The Morgan fingerprint density at radius 3 is 1.94 bits per heavy atom. The topological polar surface area (TPSA) is 155 Å². The molecule has 0 heterocycles. The first-order chi connectivity index (χ1) is 7.43. The van der Waals surface area contributed by atoms with E-state index >= 15 is 0 Å². The van der Waals surface area contributed by atoms with Gasteiger partial charge in [0.2, 0.25) is 10.0 Å². The van der Waals surface area contributed by atoms with Crippen molar-refractivity contribution in [3.05, 3.63) is 0 Å². The number of aliphatic carboxylic acids is 2. The van der Waals surface area contributed by atoms with Crippen LogP contribution in [-0.4, -0.2) is 56.4 Å². The van der Waals surface area contributed by atoms with Crippen molar-refractivity contribution in [3.8, 4) is 0 Å². The predicted molar refractivity (Wildman–Crippen MR) is 55.4 cm³/mol. The first kappa shape index (κ1) is 15.8. The highest BCUT2D eigenvalue weighted by atomic mass is 32.3. The van der Waals surface area contributed by atoms with Crippen LogP contribution in [0.2, 0.25) is 0 Å². The van der Waals surface area contributed by atoms with Gasteiger partial charge in [0.1, 0.15) is 6.04 Å². The summed E-state index contributed by atoms with van der Waals surface area (Å²) < 4.78 is 45.4. The Labute approximate surface area is 97.4 Å². The largest absolute Gasteiger partial charge is 0.481 e. The zero-order valence-electron chi connectivity index (χ0n) is 8.65. The van der Waals surface area contributed by atoms with E-state index < -0.39 is 49.3 Å². The zero-order chi connectivity index (χ0) is 13.9. The van der Waals surface area contributed by atoms with E-state index in [1.807, 2.05) is 0 Å². The van der Waals surface area contributed by atoms with Gasteiger partial charge in [-0.25, -0.2) is 16.8 Å². The summed E-state index contributed by atoms with van der Waals surface area (Å²) in [6.07, 6.45) is -0.336. The molecule has 3 N–H and O–H groups in total. The molecule has 0 unspecified atom stereocenters. The summed E-state index contributed by atoms with van der Waals surface area (Å²) in [5.74, 6) is -3.23. The van der Waals surface area contributed by atoms with Gasteiger partial charge in [0, 0.05) is 6.26 Å². The molecule has 0 aromatic heterocycles. The second-order valence-corrected chi connectivity index (χ2v) is 7.52. The van der Waals surface area contributed by atoms with E-state index in [9.17, 15) is 26.4 Å². The molecule has 1 atom stereocenters. The molecule has 0 aliphatic carbocycles. The maximum absolute atomic E-state index is 11.2. The van der Waals surface area contributed by atoms with Crippen LogP contribution in [0.3, 0.4) is 0 Å². The van der Waals surface area contributed by atoms with Gasteiger partial charge in [-0.15, -0.1) is 0 Å². The first-order valence-corrected chi connectivity index (χ1v) is 7.76. The lowest BCUT2D eigenvalue weighted by atomic mass is 10.2. The second kappa shape index (κ2) is 5.42. The molecule has 9 nitrogen and oxygen atoms in total. The molecule has 0 aromatic carbocycles. The Bertz CT molecular complexity index is 504. The minimum atomic E-state index is -4.41. The number of rotatable bonds is 7. The Balaban J connectivity index is 4.88. The molecule has 0 aromatic rings. The van der Waals surface area contributed by atoms with Crippen LogP contribution in [0.4, 0.5) is 0 Å². The van der Waals surface area contributed by atoms with Gasteiger partial charge >= 0.3 is 11.9 Å². The third-order valence-electron chi connectivity index (χ3n) is 1.37. The van der Waals surface area contributed by atoms with Crippen LogP contribution in [0.5, 0.6) is 0 Å². The normalized spacial score (nSPS) is 14.2. The molecule has 0 aliphatic heterocycles. The van der Waals surface area contributed by atoms with Crippen molar-refractivity contribution >= 4 is 31.8 Å². The zero-order valence-corrected chi connectivity index (χ0v) is 10.3. The van der Waals surface area contributed by atoms with E-state index in [-0.39, 0.29) is 0 Å². The highest BCUT2D eigenvalue weighted by molar-refractivity contribution is 8.06. The molecule has 0 radical (unpaired) electrons. The number of sulfone groups is 1. The lowest BCUT2D eigenvalue weighted by Crippen LogP contribution is -2.44. The van der Waals surface area contributed by atoms with Gasteiger partial charge in [-0.1, -0.05) is 0 Å². The lowest BCUT2D eigenvalue weighted by Gasteiger charge is -2.11. The van der Waals surface area contributed by atoms with Gasteiger partial charge in [-0.2, -0.15) is 4.72 Å². The van der Waals surface area contributed by atoms with Crippen molar-refractivity contribution in [3.63, 3.8) is 0 Å². The van der Waals surface area contributed by atoms with Crippen LogP contribution < -0.4 is 4.72 Å². The van der Waals surface area contributed by atoms with E-state index in [0.29, 0.717) is 6.26 Å². The number of carboxylic acids is 2. The average molecular weight is 289 g/mol. The van der Waals surface area contributed by atoms with Crippen LogP contribution in [0.1, 0.15) is 6.42 Å². The molecular formula is C6H11NO8S2. The Kier molecular flexibility index (Phi) is 5.04. The van der Waals surface area contributed by atoms with E-state index in [1.54, 1.807) is 0 Å². The fraction of sp³-hybridized carbons (Fsp3) is 0.667. The van der Waals surface area contributed by atoms with Gasteiger partial charge in [-0.05, 0) is 0 Å². The van der Waals surface area contributed by atoms with Crippen molar-refractivity contribution in [2.24, 2.45) is 0 Å². The van der Waals surface area contributed by atoms with Crippen molar-refractivity contribution in [2.75, 3.05) is 11.3 Å². The summed E-state index contributed by atoms with van der Waals surface area (Å²) in [7, 11) is -8.28. The molecule has 17 heavy (non-hydrogen) atoms. The van der Waals surface area contributed by atoms with Gasteiger partial charge < -0.3 is 10.2 Å². The summed E-state index contributed by atoms with van der Waals surface area (Å²) in [6, 6.07) is -1.90. The lowest BCUT2D eigenvalue weighted by molar-refractivity contribution is -0.145. The molecule has 0 saturated carbocycles. The summed E-state index contributed by atoms with van der Waals surface area (Å²) >= 11 is 0. The van der Waals surface area contributed by atoms with Crippen molar-refractivity contribution in [1.29, 1.82) is 0 Å². The van der Waals surface area contributed by atoms with Crippen LogP contribution in [-0.2, 0) is 29.4 Å². The van der Waals surface area contributed by atoms with Gasteiger partial charge in [0.15, 0.2) is 14.9 Å². The summed E-state index contributed by atoms with van der Waals surface area (Å²) in [4.78, 5) is 20.8. The minimum absolute atomic E-state index is 0.652. The first-order valence-electron chi connectivity index (χ1n) is 4.05. The van der Waals surface area contributed by atoms with Gasteiger partial charge in [0.05, 0.1) is 6.42 Å². The van der Waals surface area contributed by atoms with Crippen LogP contribution in [0.15, 0.2) is 0 Å². The maximum Gasteiger partial charge on any atom is 0.322 e. The monoisotopic (exact) mass is 289 g/mol. The van der Waals surface area contributed by atoms with Crippen molar-refractivity contribution in [2.45, 2.75) is 12.5 Å². The minimum Gasteiger partial charge on any atom is -0.481 e. The smallest absolute Gasteiger partial charge is 0.322 e. The van der Waals surface area contributed by atoms with Crippen molar-refractivity contribution < 1.29 is 36.6 Å². The molecule has 0 bridgehead atoms. The number of carbonyl (C=O) groups is 2. The number of hydrogen-bond acceptors (Lipinski definition) is 6. The molecule has 0 rings (SSSR count). The molecular weight excluding hydrogens is 278 g/mol. The van der Waals surface area contributed by atoms with E-state index in [4.69, 9.17) is 10.2 Å². The van der Waals surface area contributed by atoms with Crippen molar-refractivity contribution in [1.82, 2.24) is 4.72 Å². The van der Waals surface area contributed by atoms with Crippen LogP contribution in [0.25, 0.3) is 0 Å². The Hall–Kier alpha value is -1.20. The van der Waals surface area contributed by atoms with Gasteiger partial charge in [0.25, 0.3) is 0 Å². The summed E-state index contributed by atoms with van der Waals surface area (Å²) in [5.41, 5.74) is 0. The SMILES string of the molecule is CS(=O)(=O)CS(=O)(=O)N[C@H](CC(=O)O)C(=O)O. The Morgan fingerprint density at radius 2 is 1.65 bits per heavy atom. The highest BCUT2D eigenvalue weighted by Gasteiger charge is 2.28. The van der Waals surface area contributed by atoms with E-state index in [0.717, 1.165) is 0 Å². The second-order valence-electron chi connectivity index (χ2n) is 3.26. The van der Waals surface area contributed by atoms with Crippen LogP contribution in [0, 0.1) is 0 Å². The van der Waals surface area contributed by atoms with E-state index in [1.165, 1.54) is 4.72 Å². The molecule has 11 heteroatoms. The molecule has 100 valence electrons. The van der Waals surface area contributed by atoms with Crippen LogP contribution >= 0.6 is 0 Å².